The molecule has 5 nitrogen and oxygen atoms in total. The molecule has 6 heteroatoms. The summed E-state index contributed by atoms with van der Waals surface area (Å²) in [6.45, 7) is 4.79. The largest absolute Gasteiger partial charge is 0.398 e. The monoisotopic (exact) mass is 277 g/mol. The third-order valence-electron chi connectivity index (χ3n) is 2.83. The molecule has 0 bridgehead atoms. The third kappa shape index (κ3) is 3.23. The number of nitrogens with two attached hydrogens (primary N) is 1. The van der Waals surface area contributed by atoms with Crippen molar-refractivity contribution in [1.82, 2.24) is 0 Å². The lowest BCUT2D eigenvalue weighted by Crippen LogP contribution is -2.00. The van der Waals surface area contributed by atoms with Gasteiger partial charge in [-0.05, 0) is 31.5 Å². The van der Waals surface area contributed by atoms with E-state index in [1.54, 1.807) is 17.4 Å². The van der Waals surface area contributed by atoms with Gasteiger partial charge in [-0.3, -0.25) is 10.1 Å². The zero-order valence-corrected chi connectivity index (χ0v) is 11.6. The second-order valence-electron chi connectivity index (χ2n) is 4.38. The fourth-order valence-electron chi connectivity index (χ4n) is 1.77. The lowest BCUT2D eigenvalue weighted by Gasteiger charge is -2.05. The zero-order chi connectivity index (χ0) is 14.0. The maximum Gasteiger partial charge on any atom is 0.273 e. The van der Waals surface area contributed by atoms with E-state index in [2.05, 4.69) is 25.2 Å². The summed E-state index contributed by atoms with van der Waals surface area (Å²) in [5.74, 6) is 0. The molecule has 1 aromatic heterocycles. The summed E-state index contributed by atoms with van der Waals surface area (Å²) in [6.07, 6.45) is 0. The van der Waals surface area contributed by atoms with Crippen LogP contribution in [0, 0.1) is 24.0 Å². The van der Waals surface area contributed by atoms with Crippen molar-refractivity contribution >= 4 is 28.4 Å². The minimum atomic E-state index is -0.443. The number of nitro benzene ring substituents is 1. The molecule has 0 aliphatic carbocycles. The lowest BCUT2D eigenvalue weighted by atomic mass is 10.2. The molecule has 1 heterocycles. The Balaban J connectivity index is 2.13. The van der Waals surface area contributed by atoms with E-state index in [0.29, 0.717) is 17.9 Å². The smallest absolute Gasteiger partial charge is 0.273 e. The number of non-ortho nitro benzene ring substituents is 1. The van der Waals surface area contributed by atoms with Crippen LogP contribution in [0.25, 0.3) is 0 Å². The SMILES string of the molecule is Cc1cc(CNc2cc(N)cc([N+](=O)[O-])c2)sc1C. The van der Waals surface area contributed by atoms with E-state index in [9.17, 15) is 10.1 Å². The molecule has 2 rings (SSSR count). The molecular formula is C13H15N3O2S. The van der Waals surface area contributed by atoms with Gasteiger partial charge in [-0.15, -0.1) is 11.3 Å². The van der Waals surface area contributed by atoms with Crippen LogP contribution in [0.2, 0.25) is 0 Å². The molecule has 0 saturated carbocycles. The van der Waals surface area contributed by atoms with Gasteiger partial charge in [0.1, 0.15) is 0 Å². The molecule has 0 fully saturated rings. The molecular weight excluding hydrogens is 262 g/mol. The number of anilines is 2. The number of aryl methyl sites for hydroxylation is 2. The van der Waals surface area contributed by atoms with E-state index in [1.807, 2.05) is 0 Å². The summed E-state index contributed by atoms with van der Waals surface area (Å²) < 4.78 is 0. The van der Waals surface area contributed by atoms with Crippen LogP contribution in [0.3, 0.4) is 0 Å². The summed E-state index contributed by atoms with van der Waals surface area (Å²) in [7, 11) is 0. The molecule has 0 amide bonds. The predicted octanol–water partition coefficient (Wildman–Crippen LogP) is 3.47. The Morgan fingerprint density at radius 3 is 2.63 bits per heavy atom. The van der Waals surface area contributed by atoms with Gasteiger partial charge in [0.2, 0.25) is 0 Å². The van der Waals surface area contributed by atoms with Crippen molar-refractivity contribution in [2.24, 2.45) is 0 Å². The van der Waals surface area contributed by atoms with Gasteiger partial charge in [-0.2, -0.15) is 0 Å². The first-order valence-corrected chi connectivity index (χ1v) is 6.62. The number of nitro groups is 1. The average Bonchev–Trinajstić information content (AvgIpc) is 2.65. The summed E-state index contributed by atoms with van der Waals surface area (Å²) in [6, 6.07) is 6.66. The average molecular weight is 277 g/mol. The molecule has 1 aromatic carbocycles. The molecule has 0 aliphatic heterocycles. The van der Waals surface area contributed by atoms with Gasteiger partial charge in [0.05, 0.1) is 4.92 Å². The van der Waals surface area contributed by atoms with Crippen molar-refractivity contribution in [2.75, 3.05) is 11.1 Å². The van der Waals surface area contributed by atoms with Gasteiger partial charge in [0, 0.05) is 39.8 Å². The van der Waals surface area contributed by atoms with E-state index in [-0.39, 0.29) is 5.69 Å². The Morgan fingerprint density at radius 1 is 1.32 bits per heavy atom. The molecule has 0 atom stereocenters. The van der Waals surface area contributed by atoms with Crippen molar-refractivity contribution < 1.29 is 4.92 Å². The normalized spacial score (nSPS) is 10.4. The van der Waals surface area contributed by atoms with E-state index < -0.39 is 4.92 Å². The topological polar surface area (TPSA) is 81.2 Å². The van der Waals surface area contributed by atoms with E-state index in [0.717, 1.165) is 0 Å². The second-order valence-corrected chi connectivity index (χ2v) is 5.72. The highest BCUT2D eigenvalue weighted by Crippen LogP contribution is 2.25. The number of rotatable bonds is 4. The number of nitrogens with zero attached hydrogens (tertiary/aromatic N) is 1. The van der Waals surface area contributed by atoms with Crippen LogP contribution in [0.1, 0.15) is 15.3 Å². The predicted molar refractivity (Wildman–Crippen MR) is 78.6 cm³/mol. The van der Waals surface area contributed by atoms with Crippen LogP contribution >= 0.6 is 11.3 Å². The van der Waals surface area contributed by atoms with Gasteiger partial charge in [0.15, 0.2) is 0 Å². The number of nitrogen functional groups attached to an aromatic ring is 1. The van der Waals surface area contributed by atoms with E-state index in [1.165, 1.54) is 27.5 Å². The fraction of sp³-hybridized carbons (Fsp3) is 0.231. The number of benzene rings is 1. The number of hydrogen-bond donors (Lipinski definition) is 2. The van der Waals surface area contributed by atoms with Gasteiger partial charge >= 0.3 is 0 Å². The Labute approximate surface area is 115 Å². The molecule has 0 aliphatic rings. The maximum atomic E-state index is 10.8. The number of nitrogens with one attached hydrogen (secondary N) is 1. The van der Waals surface area contributed by atoms with Gasteiger partial charge in [0.25, 0.3) is 5.69 Å². The first kappa shape index (κ1) is 13.4. The highest BCUT2D eigenvalue weighted by atomic mass is 32.1. The van der Waals surface area contributed by atoms with Gasteiger partial charge < -0.3 is 11.1 Å². The molecule has 2 aromatic rings. The van der Waals surface area contributed by atoms with Crippen LogP contribution < -0.4 is 11.1 Å². The van der Waals surface area contributed by atoms with Gasteiger partial charge in [-0.1, -0.05) is 0 Å². The van der Waals surface area contributed by atoms with Crippen LogP contribution in [0.4, 0.5) is 17.1 Å². The summed E-state index contributed by atoms with van der Waals surface area (Å²) in [5, 5.41) is 13.9. The van der Waals surface area contributed by atoms with Crippen molar-refractivity contribution in [2.45, 2.75) is 20.4 Å². The maximum absolute atomic E-state index is 10.8. The number of hydrogen-bond acceptors (Lipinski definition) is 5. The minimum absolute atomic E-state index is 0.000964. The standard InChI is InChI=1S/C13H15N3O2S/c1-8-3-13(19-9(8)2)7-15-11-4-10(14)5-12(6-11)16(17)18/h3-6,15H,7,14H2,1-2H3. The van der Waals surface area contributed by atoms with Crippen LogP contribution in [-0.2, 0) is 6.54 Å². The summed E-state index contributed by atoms with van der Waals surface area (Å²) >= 11 is 1.72. The van der Waals surface area contributed by atoms with E-state index >= 15 is 0 Å². The van der Waals surface area contributed by atoms with E-state index in [4.69, 9.17) is 5.73 Å². The molecule has 0 unspecified atom stereocenters. The Hall–Kier alpha value is -2.08. The van der Waals surface area contributed by atoms with Crippen molar-refractivity contribution in [3.05, 3.63) is 49.7 Å². The Bertz CT molecular complexity index is 603. The third-order valence-corrected chi connectivity index (χ3v) is 3.99. The number of thiophene rings is 1. The molecule has 100 valence electrons. The van der Waals surface area contributed by atoms with Crippen molar-refractivity contribution in [3.63, 3.8) is 0 Å². The second kappa shape index (κ2) is 5.27. The lowest BCUT2D eigenvalue weighted by molar-refractivity contribution is -0.384. The first-order chi connectivity index (χ1) is 8.95. The quantitative estimate of drug-likeness (QED) is 0.509. The molecule has 3 N–H and O–H groups in total. The van der Waals surface area contributed by atoms with Crippen molar-refractivity contribution in [1.29, 1.82) is 0 Å². The molecule has 0 spiro atoms. The first-order valence-electron chi connectivity index (χ1n) is 5.80. The highest BCUT2D eigenvalue weighted by molar-refractivity contribution is 7.12. The molecule has 19 heavy (non-hydrogen) atoms. The highest BCUT2D eigenvalue weighted by Gasteiger charge is 2.08. The Morgan fingerprint density at radius 2 is 2.05 bits per heavy atom. The summed E-state index contributed by atoms with van der Waals surface area (Å²) in [5.41, 5.74) is 7.96. The Kier molecular flexibility index (Phi) is 3.71. The van der Waals surface area contributed by atoms with Gasteiger partial charge in [-0.25, -0.2) is 0 Å². The fourth-order valence-corrected chi connectivity index (χ4v) is 2.76. The van der Waals surface area contributed by atoms with Crippen LogP contribution in [0.5, 0.6) is 0 Å². The van der Waals surface area contributed by atoms with Crippen molar-refractivity contribution in [3.8, 4) is 0 Å². The van der Waals surface area contributed by atoms with Crippen LogP contribution in [0.15, 0.2) is 24.3 Å². The molecule has 0 radical (unpaired) electrons. The minimum Gasteiger partial charge on any atom is -0.398 e. The summed E-state index contributed by atoms with van der Waals surface area (Å²) in [4.78, 5) is 12.8. The zero-order valence-electron chi connectivity index (χ0n) is 10.8. The van der Waals surface area contributed by atoms with Crippen LogP contribution in [-0.4, -0.2) is 4.92 Å². The molecule has 0 saturated heterocycles.